The summed E-state index contributed by atoms with van der Waals surface area (Å²) < 4.78 is 1.58. The van der Waals surface area contributed by atoms with E-state index in [0.717, 1.165) is 22.2 Å². The number of aromatic nitrogens is 4. The number of hydrogen-bond donors (Lipinski definition) is 1. The summed E-state index contributed by atoms with van der Waals surface area (Å²) in [6, 6.07) is 11.7. The van der Waals surface area contributed by atoms with Crippen LogP contribution in [0.1, 0.15) is 12.0 Å². The molecule has 0 radical (unpaired) electrons. The van der Waals surface area contributed by atoms with Gasteiger partial charge in [0.05, 0.1) is 23.8 Å². The first-order chi connectivity index (χ1) is 13.1. The molecule has 0 fully saturated rings. The topological polar surface area (TPSA) is 66.8 Å². The molecule has 0 bridgehead atoms. The van der Waals surface area contributed by atoms with Crippen molar-refractivity contribution in [2.24, 2.45) is 0 Å². The Bertz CT molecular complexity index is 1090. The molecule has 27 heavy (non-hydrogen) atoms. The number of hydrogen-bond acceptors (Lipinski definition) is 3. The minimum Gasteiger partial charge on any atom is -0.464 e. The predicted molar refractivity (Wildman–Crippen MR) is 106 cm³/mol. The first-order valence-electron chi connectivity index (χ1n) is 8.47. The maximum Gasteiger partial charge on any atom is 0.197 e. The minimum absolute atomic E-state index is 0.132. The van der Waals surface area contributed by atoms with E-state index in [9.17, 15) is 4.79 Å². The Kier molecular flexibility index (Phi) is 4.64. The zero-order chi connectivity index (χ0) is 18.8. The fourth-order valence-electron chi connectivity index (χ4n) is 3.00. The van der Waals surface area contributed by atoms with Gasteiger partial charge in [-0.2, -0.15) is 5.10 Å². The van der Waals surface area contributed by atoms with Crippen LogP contribution in [0.5, 0.6) is 0 Å². The maximum atomic E-state index is 12.6. The highest BCUT2D eigenvalue weighted by Gasteiger charge is 2.14. The number of aromatic amines is 1. The number of carbonyl (C=O) groups excluding carboxylic acids is 1. The lowest BCUT2D eigenvalue weighted by Gasteiger charge is -2.24. The van der Waals surface area contributed by atoms with Crippen LogP contribution >= 0.6 is 11.6 Å². The Morgan fingerprint density at radius 3 is 2.93 bits per heavy atom. The van der Waals surface area contributed by atoms with Crippen LogP contribution in [0.4, 0.5) is 5.69 Å². The summed E-state index contributed by atoms with van der Waals surface area (Å²) in [6.07, 6.45) is 7.90. The van der Waals surface area contributed by atoms with Gasteiger partial charge in [0.2, 0.25) is 0 Å². The van der Waals surface area contributed by atoms with Crippen molar-refractivity contribution in [2.75, 3.05) is 4.90 Å². The van der Waals surface area contributed by atoms with Gasteiger partial charge in [-0.25, -0.2) is 11.7 Å². The van der Waals surface area contributed by atoms with Crippen molar-refractivity contribution in [3.8, 4) is 5.69 Å². The lowest BCUT2D eigenvalue weighted by atomic mass is 10.1. The summed E-state index contributed by atoms with van der Waals surface area (Å²) in [4.78, 5) is 21.2. The standard InChI is InChI=1S/C20H17ClN5O/c1-25(18-13-26(24-20(18)21)15-5-4-10-22-12-15)19(27)9-8-14-11-23-17-7-3-2-6-16(14)17/h2-7,10-13,23H,1,8-9H2/q-1. The van der Waals surface area contributed by atoms with Gasteiger partial charge in [0.25, 0.3) is 0 Å². The van der Waals surface area contributed by atoms with Gasteiger partial charge >= 0.3 is 0 Å². The smallest absolute Gasteiger partial charge is 0.197 e. The van der Waals surface area contributed by atoms with E-state index in [-0.39, 0.29) is 11.1 Å². The van der Waals surface area contributed by atoms with E-state index in [1.165, 1.54) is 4.90 Å². The molecule has 1 N–H and O–H groups in total. The van der Waals surface area contributed by atoms with Gasteiger partial charge in [-0.05, 0) is 30.2 Å². The number of benzene rings is 1. The molecule has 1 aromatic carbocycles. The molecular weight excluding hydrogens is 362 g/mol. The number of para-hydroxylation sites is 1. The highest BCUT2D eigenvalue weighted by Crippen LogP contribution is 2.26. The summed E-state index contributed by atoms with van der Waals surface area (Å²) in [7, 11) is 3.86. The van der Waals surface area contributed by atoms with Crippen molar-refractivity contribution in [3.05, 3.63) is 78.9 Å². The van der Waals surface area contributed by atoms with Crippen molar-refractivity contribution >= 4 is 34.1 Å². The number of nitrogens with one attached hydrogen (secondary N) is 1. The average Bonchev–Trinajstić information content (AvgIpc) is 3.30. The van der Waals surface area contributed by atoms with Crippen LogP contribution in [0.15, 0.2) is 61.2 Å². The normalized spacial score (nSPS) is 11.0. The molecule has 7 heteroatoms. The van der Waals surface area contributed by atoms with Gasteiger partial charge in [0.15, 0.2) is 11.1 Å². The van der Waals surface area contributed by atoms with E-state index in [0.29, 0.717) is 18.5 Å². The third-order valence-corrected chi connectivity index (χ3v) is 4.71. The molecule has 0 spiro atoms. The summed E-state index contributed by atoms with van der Waals surface area (Å²) in [5, 5.41) is 5.58. The largest absolute Gasteiger partial charge is 0.464 e. The molecule has 136 valence electrons. The Labute approximate surface area is 161 Å². The first kappa shape index (κ1) is 17.3. The zero-order valence-electron chi connectivity index (χ0n) is 14.5. The number of rotatable bonds is 5. The molecule has 3 heterocycles. The molecule has 0 saturated heterocycles. The number of nitrogens with zero attached hydrogens (tertiary/aromatic N) is 4. The molecule has 0 unspecified atom stereocenters. The van der Waals surface area contributed by atoms with Gasteiger partial charge in [-0.3, -0.25) is 9.78 Å². The summed E-state index contributed by atoms with van der Waals surface area (Å²) >= 11 is 6.22. The molecule has 1 amide bonds. The first-order valence-corrected chi connectivity index (χ1v) is 8.85. The monoisotopic (exact) mass is 378 g/mol. The van der Waals surface area contributed by atoms with Crippen molar-refractivity contribution in [2.45, 2.75) is 12.8 Å². The van der Waals surface area contributed by atoms with Crippen molar-refractivity contribution in [1.82, 2.24) is 19.7 Å². The highest BCUT2D eigenvalue weighted by atomic mass is 35.5. The van der Waals surface area contributed by atoms with Gasteiger partial charge < -0.3 is 9.88 Å². The number of fused-ring (bicyclic) bond motifs is 1. The minimum atomic E-state index is -0.132. The van der Waals surface area contributed by atoms with E-state index in [4.69, 9.17) is 11.6 Å². The summed E-state index contributed by atoms with van der Waals surface area (Å²) in [5.41, 5.74) is 3.38. The van der Waals surface area contributed by atoms with Crippen LogP contribution in [0, 0.1) is 7.05 Å². The predicted octanol–water partition coefficient (Wildman–Crippen LogP) is 4.16. The number of halogens is 1. The number of aryl methyl sites for hydroxylation is 1. The fraction of sp³-hybridized carbons (Fsp3) is 0.100. The van der Waals surface area contributed by atoms with Gasteiger partial charge in [0, 0.05) is 29.7 Å². The van der Waals surface area contributed by atoms with E-state index < -0.39 is 0 Å². The van der Waals surface area contributed by atoms with Gasteiger partial charge in [-0.1, -0.05) is 29.8 Å². The molecule has 0 aliphatic carbocycles. The fourth-order valence-corrected chi connectivity index (χ4v) is 3.23. The van der Waals surface area contributed by atoms with Crippen LogP contribution in [0.3, 0.4) is 0 Å². The van der Waals surface area contributed by atoms with Crippen molar-refractivity contribution in [1.29, 1.82) is 0 Å². The second-order valence-electron chi connectivity index (χ2n) is 6.14. The molecule has 0 saturated carbocycles. The molecule has 0 aliphatic heterocycles. The third-order valence-electron chi connectivity index (χ3n) is 4.44. The van der Waals surface area contributed by atoms with Crippen LogP contribution < -0.4 is 4.90 Å². The van der Waals surface area contributed by atoms with E-state index in [1.54, 1.807) is 29.3 Å². The van der Waals surface area contributed by atoms with Crippen molar-refractivity contribution < 1.29 is 4.79 Å². The SMILES string of the molecule is [CH2-]N(C(=O)CCc1c[nH]c2ccccc12)c1cn(-c2cccnc2)nc1Cl. The molecule has 4 aromatic rings. The van der Waals surface area contributed by atoms with E-state index in [2.05, 4.69) is 22.1 Å². The number of anilines is 1. The number of carbonyl (C=O) groups is 1. The summed E-state index contributed by atoms with van der Waals surface area (Å²) in [6.45, 7) is 0. The Morgan fingerprint density at radius 2 is 2.11 bits per heavy atom. The van der Waals surface area contributed by atoms with Gasteiger partial charge in [-0.15, -0.1) is 0 Å². The van der Waals surface area contributed by atoms with Crippen LogP contribution in [0.2, 0.25) is 5.15 Å². The molecule has 3 aromatic heterocycles. The van der Waals surface area contributed by atoms with Crippen molar-refractivity contribution in [3.63, 3.8) is 0 Å². The average molecular weight is 379 g/mol. The Morgan fingerprint density at radius 1 is 1.26 bits per heavy atom. The highest BCUT2D eigenvalue weighted by molar-refractivity contribution is 6.32. The molecule has 0 atom stereocenters. The second-order valence-corrected chi connectivity index (χ2v) is 6.50. The molecule has 6 nitrogen and oxygen atoms in total. The lowest BCUT2D eigenvalue weighted by molar-refractivity contribution is -0.118. The Hall–Kier alpha value is -3.12. The number of H-pyrrole nitrogens is 1. The lowest BCUT2D eigenvalue weighted by Crippen LogP contribution is -2.24. The third kappa shape index (κ3) is 3.44. The van der Waals surface area contributed by atoms with Crippen LogP contribution in [0.25, 0.3) is 16.6 Å². The Balaban J connectivity index is 1.48. The molecule has 4 rings (SSSR count). The molecular formula is C20H17ClN5O-. The van der Waals surface area contributed by atoms with Crippen LogP contribution in [-0.2, 0) is 11.2 Å². The number of pyridine rings is 1. The van der Waals surface area contributed by atoms with E-state index >= 15 is 0 Å². The summed E-state index contributed by atoms with van der Waals surface area (Å²) in [5.74, 6) is -0.132. The van der Waals surface area contributed by atoms with E-state index in [1.807, 2.05) is 36.5 Å². The van der Waals surface area contributed by atoms with Gasteiger partial charge in [0.1, 0.15) is 0 Å². The van der Waals surface area contributed by atoms with Crippen LogP contribution in [-0.4, -0.2) is 25.7 Å². The molecule has 0 aliphatic rings. The zero-order valence-corrected chi connectivity index (χ0v) is 15.2. The number of amides is 1. The maximum absolute atomic E-state index is 12.6. The second kappa shape index (κ2) is 7.25. The quantitative estimate of drug-likeness (QED) is 0.530.